The number of alkyl halides is 2. The Bertz CT molecular complexity index is 1540. The lowest BCUT2D eigenvalue weighted by Gasteiger charge is -2.56. The van der Waals surface area contributed by atoms with Crippen molar-refractivity contribution in [2.75, 3.05) is 6.61 Å². The summed E-state index contributed by atoms with van der Waals surface area (Å²) in [6.45, 7) is 14.5. The summed E-state index contributed by atoms with van der Waals surface area (Å²) < 4.78 is 42.6. The summed E-state index contributed by atoms with van der Waals surface area (Å²) in [5.74, 6) is -2.10. The molecule has 302 valence electrons. The number of carbonyl (C=O) groups excluding carboxylic acids is 2. The van der Waals surface area contributed by atoms with E-state index in [2.05, 4.69) is 67.6 Å². The molecule has 0 spiro atoms. The highest BCUT2D eigenvalue weighted by Crippen LogP contribution is 2.60. The van der Waals surface area contributed by atoms with Crippen molar-refractivity contribution in [3.63, 3.8) is 0 Å². The molecule has 3 aromatic carbocycles. The van der Waals surface area contributed by atoms with Crippen molar-refractivity contribution >= 4 is 22.8 Å². The van der Waals surface area contributed by atoms with Gasteiger partial charge in [-0.15, -0.1) is 0 Å². The maximum Gasteiger partial charge on any atom is 0.376 e. The van der Waals surface area contributed by atoms with E-state index in [1.165, 1.54) is 33.9 Å². The van der Waals surface area contributed by atoms with Crippen LogP contribution < -0.4 is 4.74 Å². The lowest BCUT2D eigenvalue weighted by Crippen LogP contribution is -2.49. The third kappa shape index (κ3) is 11.6. The Hall–Kier alpha value is -3.39. The summed E-state index contributed by atoms with van der Waals surface area (Å²) in [6, 6.07) is 29.2. The minimum atomic E-state index is -3.36. The fourth-order valence-electron chi connectivity index (χ4n) is 9.18. The number of hydrogen-bond acceptors (Lipinski definition) is 5. The standard InChI is InChI=1S/C29H33O3S.C14H20F2O2.2C2H6/c1-4-29(21-11-12-22-29)32-27(30)28(2,3)31-23-17-19-26(20-18-23)33(24-13-7-5-8-14-24)25-15-9-6-10-16-25;1-13(15,16)12(17)18-8-14-5-9-2-10(6-14)4-11(3-9)7-14;2*1-2/h5-10,13-20H,4,11-12,21-22H2,1-3H3;9-11H,2-8H2,1H3;2*1-2H3/q+1;;;. The quantitative estimate of drug-likeness (QED) is 0.143. The van der Waals surface area contributed by atoms with Crippen LogP contribution in [0.15, 0.2) is 99.6 Å². The molecule has 5 nitrogen and oxygen atoms in total. The van der Waals surface area contributed by atoms with Gasteiger partial charge in [0.1, 0.15) is 11.4 Å². The number of rotatable bonds is 11. The summed E-state index contributed by atoms with van der Waals surface area (Å²) >= 11 is 0. The third-order valence-corrected chi connectivity index (χ3v) is 13.6. The van der Waals surface area contributed by atoms with E-state index in [1.807, 2.05) is 52.0 Å². The van der Waals surface area contributed by atoms with Crippen LogP contribution in [0.3, 0.4) is 0 Å². The topological polar surface area (TPSA) is 61.8 Å². The lowest BCUT2D eigenvalue weighted by molar-refractivity contribution is -0.179. The minimum absolute atomic E-state index is 0.0235. The molecule has 0 amide bonds. The minimum Gasteiger partial charge on any atom is -0.476 e. The van der Waals surface area contributed by atoms with Gasteiger partial charge in [0.05, 0.1) is 17.5 Å². The van der Waals surface area contributed by atoms with Crippen LogP contribution in [-0.4, -0.2) is 35.7 Å². The number of carbonyl (C=O) groups is 2. The highest BCUT2D eigenvalue weighted by Gasteiger charge is 2.52. The Morgan fingerprint density at radius 2 is 1.13 bits per heavy atom. The summed E-state index contributed by atoms with van der Waals surface area (Å²) in [5.41, 5.74) is -1.34. The Balaban J connectivity index is 0.000000257. The van der Waals surface area contributed by atoms with E-state index in [4.69, 9.17) is 14.2 Å². The Morgan fingerprint density at radius 3 is 1.55 bits per heavy atom. The van der Waals surface area contributed by atoms with Crippen LogP contribution in [0.2, 0.25) is 0 Å². The zero-order valence-electron chi connectivity index (χ0n) is 34.5. The Labute approximate surface area is 332 Å². The van der Waals surface area contributed by atoms with E-state index >= 15 is 0 Å². The Kier molecular flexibility index (Phi) is 15.8. The maximum atomic E-state index is 13.0. The molecule has 0 N–H and O–H groups in total. The number of hydrogen-bond donors (Lipinski definition) is 0. The molecule has 0 heterocycles. The fraction of sp³-hybridized carbons (Fsp3) is 0.574. The molecule has 0 atom stereocenters. The van der Waals surface area contributed by atoms with Gasteiger partial charge in [-0.25, -0.2) is 9.59 Å². The van der Waals surface area contributed by atoms with Gasteiger partial charge < -0.3 is 14.2 Å². The van der Waals surface area contributed by atoms with Gasteiger partial charge in [0.15, 0.2) is 20.3 Å². The summed E-state index contributed by atoms with van der Waals surface area (Å²) in [5, 5.41) is 0. The summed E-state index contributed by atoms with van der Waals surface area (Å²) in [4.78, 5) is 27.9. The molecule has 5 saturated carbocycles. The van der Waals surface area contributed by atoms with Crippen molar-refractivity contribution in [3.8, 4) is 5.75 Å². The summed E-state index contributed by atoms with van der Waals surface area (Å²) in [6.07, 6.45) is 12.1. The molecule has 5 aliphatic rings. The summed E-state index contributed by atoms with van der Waals surface area (Å²) in [7, 11) is -0.212. The molecule has 0 saturated heterocycles. The van der Waals surface area contributed by atoms with E-state index in [-0.39, 0.29) is 34.5 Å². The first-order valence-corrected chi connectivity index (χ1v) is 21.9. The molecular weight excluding hydrogens is 715 g/mol. The first-order chi connectivity index (χ1) is 26.3. The van der Waals surface area contributed by atoms with Crippen molar-refractivity contribution in [3.05, 3.63) is 84.9 Å². The average Bonchev–Trinajstić information content (AvgIpc) is 3.65. The van der Waals surface area contributed by atoms with E-state index in [1.54, 1.807) is 13.8 Å². The molecule has 3 aromatic rings. The Morgan fingerprint density at radius 1 is 0.691 bits per heavy atom. The van der Waals surface area contributed by atoms with E-state index in [0.717, 1.165) is 69.1 Å². The lowest BCUT2D eigenvalue weighted by atomic mass is 9.50. The largest absolute Gasteiger partial charge is 0.476 e. The fourth-order valence-corrected chi connectivity index (χ4v) is 11.3. The van der Waals surface area contributed by atoms with Crippen LogP contribution in [0.5, 0.6) is 5.75 Å². The van der Waals surface area contributed by atoms with Crippen molar-refractivity contribution < 1.29 is 32.6 Å². The zero-order chi connectivity index (χ0) is 40.3. The predicted molar refractivity (Wildman–Crippen MR) is 219 cm³/mol. The van der Waals surface area contributed by atoms with Crippen LogP contribution in [0.1, 0.15) is 126 Å². The molecule has 0 aromatic heterocycles. The van der Waals surface area contributed by atoms with Gasteiger partial charge in [-0.1, -0.05) is 71.0 Å². The molecule has 5 aliphatic carbocycles. The van der Waals surface area contributed by atoms with Gasteiger partial charge in [-0.2, -0.15) is 8.78 Å². The first kappa shape index (κ1) is 44.3. The molecule has 0 aliphatic heterocycles. The van der Waals surface area contributed by atoms with Gasteiger partial charge in [-0.3, -0.25) is 0 Å². The van der Waals surface area contributed by atoms with Crippen LogP contribution in [-0.2, 0) is 30.0 Å². The van der Waals surface area contributed by atoms with Gasteiger partial charge >= 0.3 is 17.9 Å². The number of esters is 2. The van der Waals surface area contributed by atoms with Crippen LogP contribution in [0, 0.1) is 23.2 Å². The van der Waals surface area contributed by atoms with E-state index in [9.17, 15) is 18.4 Å². The van der Waals surface area contributed by atoms with Crippen molar-refractivity contribution in [2.24, 2.45) is 23.2 Å². The second kappa shape index (κ2) is 19.7. The smallest absolute Gasteiger partial charge is 0.376 e. The number of halogens is 2. The zero-order valence-corrected chi connectivity index (χ0v) is 35.3. The van der Waals surface area contributed by atoms with Crippen LogP contribution in [0.4, 0.5) is 8.78 Å². The van der Waals surface area contributed by atoms with E-state index in [0.29, 0.717) is 12.7 Å². The average molecular weight is 780 g/mol. The van der Waals surface area contributed by atoms with Gasteiger partial charge in [0, 0.05) is 12.3 Å². The second-order valence-corrected chi connectivity index (χ2v) is 18.1. The maximum absolute atomic E-state index is 13.0. The monoisotopic (exact) mass is 779 g/mol. The van der Waals surface area contributed by atoms with E-state index < -0.39 is 17.5 Å². The predicted octanol–water partition coefficient (Wildman–Crippen LogP) is 12.7. The number of ether oxygens (including phenoxy) is 3. The van der Waals surface area contributed by atoms with Crippen molar-refractivity contribution in [1.82, 2.24) is 0 Å². The highest BCUT2D eigenvalue weighted by molar-refractivity contribution is 7.97. The van der Waals surface area contributed by atoms with Crippen molar-refractivity contribution in [1.29, 1.82) is 0 Å². The SMILES string of the molecule is CC.CC.CC(F)(F)C(=O)OCC12CC3CC(CC(C3)C1)C2.CCC1(OC(=O)C(C)(C)Oc2ccc([S+](c3ccccc3)c3ccccc3)cc2)CCCC1. The number of benzene rings is 3. The normalized spacial score (nSPS) is 23.2. The third-order valence-electron chi connectivity index (χ3n) is 11.4. The molecule has 0 radical (unpaired) electrons. The van der Waals surface area contributed by atoms with Gasteiger partial charge in [-0.05, 0) is 151 Å². The second-order valence-electron chi connectivity index (χ2n) is 16.0. The molecule has 5 fully saturated rings. The first-order valence-electron chi connectivity index (χ1n) is 20.7. The highest BCUT2D eigenvalue weighted by atomic mass is 32.2. The van der Waals surface area contributed by atoms with Crippen molar-refractivity contribution in [2.45, 2.75) is 158 Å². The van der Waals surface area contributed by atoms with Crippen LogP contribution >= 0.6 is 0 Å². The van der Waals surface area contributed by atoms with Crippen LogP contribution in [0.25, 0.3) is 0 Å². The molecular formula is C47H65F2O5S+. The molecule has 8 rings (SSSR count). The molecule has 0 unspecified atom stereocenters. The van der Waals surface area contributed by atoms with Gasteiger partial charge in [0.25, 0.3) is 0 Å². The molecule has 8 heteroatoms. The van der Waals surface area contributed by atoms with Gasteiger partial charge in [0.2, 0.25) is 0 Å². The molecule has 4 bridgehead atoms. The molecule has 55 heavy (non-hydrogen) atoms.